The van der Waals surface area contributed by atoms with E-state index < -0.39 is 11.8 Å². The van der Waals surface area contributed by atoms with Gasteiger partial charge in [-0.2, -0.15) is 0 Å². The Kier molecular flexibility index (Phi) is 7.81. The predicted octanol–water partition coefficient (Wildman–Crippen LogP) is 6.18. The van der Waals surface area contributed by atoms with Crippen molar-refractivity contribution in [2.45, 2.75) is 6.61 Å². The summed E-state index contributed by atoms with van der Waals surface area (Å²) in [4.78, 5) is 34.5. The molecule has 5 rings (SSSR count). The number of methoxy groups -OCH3 is 1. The van der Waals surface area contributed by atoms with Gasteiger partial charge in [0, 0.05) is 6.20 Å². The molecule has 0 unspecified atom stereocenters. The fourth-order valence-electron chi connectivity index (χ4n) is 4.10. The van der Waals surface area contributed by atoms with Gasteiger partial charge in [0.05, 0.1) is 28.7 Å². The second-order valence-corrected chi connectivity index (χ2v) is 9.66. The first-order valence-electron chi connectivity index (χ1n) is 11.9. The van der Waals surface area contributed by atoms with Crippen molar-refractivity contribution >= 4 is 62.5 Å². The van der Waals surface area contributed by atoms with Crippen molar-refractivity contribution in [1.29, 1.82) is 0 Å². The highest BCUT2D eigenvalue weighted by Crippen LogP contribution is 2.38. The van der Waals surface area contributed by atoms with E-state index in [1.54, 1.807) is 42.6 Å². The third-order valence-corrected chi connectivity index (χ3v) is 6.89. The van der Waals surface area contributed by atoms with Gasteiger partial charge in [0.1, 0.15) is 12.2 Å². The number of pyridine rings is 1. The van der Waals surface area contributed by atoms with Crippen molar-refractivity contribution in [3.8, 4) is 11.5 Å². The van der Waals surface area contributed by atoms with Gasteiger partial charge in [-0.05, 0) is 88.3 Å². The fraction of sp³-hybridized carbons (Fsp3) is 0.0667. The Balaban J connectivity index is 1.55. The van der Waals surface area contributed by atoms with E-state index in [1.165, 1.54) is 23.0 Å². The summed E-state index contributed by atoms with van der Waals surface area (Å²) in [5.74, 6) is -0.134. The van der Waals surface area contributed by atoms with E-state index in [-0.39, 0.29) is 17.3 Å². The highest BCUT2D eigenvalue weighted by atomic mass is 79.9. The van der Waals surface area contributed by atoms with Gasteiger partial charge < -0.3 is 9.47 Å². The van der Waals surface area contributed by atoms with Gasteiger partial charge in [0.2, 0.25) is 0 Å². The molecule has 2 amide bonds. The van der Waals surface area contributed by atoms with Crippen molar-refractivity contribution in [1.82, 2.24) is 4.98 Å². The summed E-state index contributed by atoms with van der Waals surface area (Å²) < 4.78 is 12.1. The lowest BCUT2D eigenvalue weighted by molar-refractivity contribution is -0.120. The Hall–Kier alpha value is -4.34. The molecule has 3 aromatic carbocycles. The van der Waals surface area contributed by atoms with Gasteiger partial charge in [-0.3, -0.25) is 24.4 Å². The lowest BCUT2D eigenvalue weighted by Gasteiger charge is -2.36. The molecule has 194 valence electrons. The normalized spacial score (nSPS) is 13.5. The van der Waals surface area contributed by atoms with Crippen LogP contribution in [-0.4, -0.2) is 29.0 Å². The van der Waals surface area contributed by atoms with Gasteiger partial charge >= 0.3 is 0 Å². The number of nitrogens with zero attached hydrogens (tertiary/aromatic N) is 3. The minimum Gasteiger partial charge on any atom is -0.493 e. The second kappa shape index (κ2) is 11.6. The van der Waals surface area contributed by atoms with E-state index >= 15 is 0 Å². The molecule has 39 heavy (non-hydrogen) atoms. The average molecular weight is 600 g/mol. The van der Waals surface area contributed by atoms with Crippen molar-refractivity contribution < 1.29 is 19.1 Å². The second-order valence-electron chi connectivity index (χ2n) is 8.44. The Morgan fingerprint density at radius 1 is 0.872 bits per heavy atom. The number of ether oxygens (including phenoxy) is 2. The number of hydrogen-bond donors (Lipinski definition) is 0. The number of aromatic nitrogens is 1. The number of thiocarbonyl (C=S) groups is 1. The Morgan fingerprint density at radius 3 is 2.00 bits per heavy atom. The van der Waals surface area contributed by atoms with Crippen LogP contribution < -0.4 is 19.3 Å². The first-order chi connectivity index (χ1) is 19.0. The lowest BCUT2D eigenvalue weighted by atomic mass is 10.0. The van der Waals surface area contributed by atoms with Crippen LogP contribution in [0, 0.1) is 0 Å². The highest BCUT2D eigenvalue weighted by Gasteiger charge is 2.41. The number of para-hydroxylation sites is 2. The SMILES string of the molecule is COc1cc(C=C2C(=O)N(c3ccccc3)C(=S)N(c3ccccc3)C2=O)cc(Br)c1OCc1ccccn1. The quantitative estimate of drug-likeness (QED) is 0.143. The Labute approximate surface area is 239 Å². The molecule has 4 aromatic rings. The van der Waals surface area contributed by atoms with Crippen molar-refractivity contribution in [2.75, 3.05) is 16.9 Å². The largest absolute Gasteiger partial charge is 0.493 e. The summed E-state index contributed by atoms with van der Waals surface area (Å²) in [6.07, 6.45) is 3.23. The van der Waals surface area contributed by atoms with Crippen LogP contribution in [0.5, 0.6) is 11.5 Å². The summed E-state index contributed by atoms with van der Waals surface area (Å²) >= 11 is 9.21. The minimum atomic E-state index is -0.519. The van der Waals surface area contributed by atoms with Gasteiger partial charge in [-0.25, -0.2) is 0 Å². The van der Waals surface area contributed by atoms with Crippen molar-refractivity contribution in [3.63, 3.8) is 0 Å². The van der Waals surface area contributed by atoms with Crippen LogP contribution in [0.15, 0.2) is 107 Å². The smallest absolute Gasteiger partial charge is 0.270 e. The van der Waals surface area contributed by atoms with Crippen LogP contribution in [0.25, 0.3) is 6.08 Å². The molecule has 0 spiro atoms. The van der Waals surface area contributed by atoms with Crippen LogP contribution in [0.4, 0.5) is 11.4 Å². The molecule has 1 saturated heterocycles. The maximum absolute atomic E-state index is 13.7. The third-order valence-electron chi connectivity index (χ3n) is 5.93. The van der Waals surface area contributed by atoms with E-state index in [0.717, 1.165) is 5.69 Å². The third kappa shape index (κ3) is 5.45. The topological polar surface area (TPSA) is 72.0 Å². The van der Waals surface area contributed by atoms with Gasteiger partial charge in [0.15, 0.2) is 16.6 Å². The van der Waals surface area contributed by atoms with Crippen LogP contribution in [0.2, 0.25) is 0 Å². The van der Waals surface area contributed by atoms with Crippen LogP contribution in [0.1, 0.15) is 11.3 Å². The first kappa shape index (κ1) is 26.3. The summed E-state index contributed by atoms with van der Waals surface area (Å²) in [5, 5.41) is 0.0802. The predicted molar refractivity (Wildman–Crippen MR) is 158 cm³/mol. The molecule has 0 aliphatic carbocycles. The molecule has 1 fully saturated rings. The number of hydrogen-bond acceptors (Lipinski definition) is 6. The molecular weight excluding hydrogens is 578 g/mol. The van der Waals surface area contributed by atoms with Crippen LogP contribution >= 0.6 is 28.1 Å². The maximum Gasteiger partial charge on any atom is 0.270 e. The monoisotopic (exact) mass is 599 g/mol. The molecule has 9 heteroatoms. The summed E-state index contributed by atoms with van der Waals surface area (Å²) in [6.45, 7) is 0.239. The zero-order valence-electron chi connectivity index (χ0n) is 20.8. The zero-order chi connectivity index (χ0) is 27.4. The number of carbonyl (C=O) groups excluding carboxylic acids is 2. The Bertz CT molecular complexity index is 1500. The number of anilines is 2. The zero-order valence-corrected chi connectivity index (χ0v) is 23.2. The molecule has 2 heterocycles. The molecule has 0 bridgehead atoms. The number of carbonyl (C=O) groups is 2. The highest BCUT2D eigenvalue weighted by molar-refractivity contribution is 9.10. The lowest BCUT2D eigenvalue weighted by Crippen LogP contribution is -2.56. The molecule has 1 aliphatic heterocycles. The first-order valence-corrected chi connectivity index (χ1v) is 13.1. The van der Waals surface area contributed by atoms with E-state index in [2.05, 4.69) is 20.9 Å². The van der Waals surface area contributed by atoms with E-state index in [1.807, 2.05) is 54.6 Å². The number of rotatable bonds is 7. The van der Waals surface area contributed by atoms with E-state index in [0.29, 0.717) is 32.9 Å². The molecule has 0 saturated carbocycles. The molecule has 0 N–H and O–H groups in total. The molecule has 0 atom stereocenters. The average Bonchev–Trinajstić information content (AvgIpc) is 2.96. The summed E-state index contributed by atoms with van der Waals surface area (Å²) in [5.41, 5.74) is 2.39. The molecule has 7 nitrogen and oxygen atoms in total. The molecule has 0 radical (unpaired) electrons. The molecular formula is C30H22BrN3O4S. The minimum absolute atomic E-state index is 0.0487. The van der Waals surface area contributed by atoms with E-state index in [4.69, 9.17) is 21.7 Å². The van der Waals surface area contributed by atoms with Crippen molar-refractivity contribution in [3.05, 3.63) is 118 Å². The van der Waals surface area contributed by atoms with Gasteiger partial charge in [0.25, 0.3) is 11.8 Å². The van der Waals surface area contributed by atoms with Gasteiger partial charge in [-0.1, -0.05) is 42.5 Å². The summed E-state index contributed by atoms with van der Waals surface area (Å²) in [7, 11) is 1.52. The van der Waals surface area contributed by atoms with Crippen LogP contribution in [-0.2, 0) is 16.2 Å². The molecule has 1 aromatic heterocycles. The van der Waals surface area contributed by atoms with Crippen molar-refractivity contribution in [2.24, 2.45) is 0 Å². The Morgan fingerprint density at radius 2 is 1.46 bits per heavy atom. The van der Waals surface area contributed by atoms with Crippen LogP contribution in [0.3, 0.4) is 0 Å². The molecule has 1 aliphatic rings. The number of amides is 2. The standard InChI is InChI=1S/C30H22BrN3O4S/c1-37-26-18-20(17-25(31)27(26)38-19-21-10-8-9-15-32-21)16-24-28(35)33(22-11-4-2-5-12-22)30(39)34(29(24)36)23-13-6-3-7-14-23/h2-18H,19H2,1H3. The number of halogens is 1. The maximum atomic E-state index is 13.7. The summed E-state index contributed by atoms with van der Waals surface area (Å²) in [6, 6.07) is 27.1. The van der Waals surface area contributed by atoms with E-state index in [9.17, 15) is 9.59 Å². The van der Waals surface area contributed by atoms with Gasteiger partial charge in [-0.15, -0.1) is 0 Å². The number of benzene rings is 3. The fourth-order valence-corrected chi connectivity index (χ4v) is 5.05.